The molecule has 1 aromatic carbocycles. The van der Waals surface area contributed by atoms with Gasteiger partial charge in [0.1, 0.15) is 23.1 Å². The molecule has 4 aromatic heterocycles. The molecule has 79 heavy (non-hydrogen) atoms. The van der Waals surface area contributed by atoms with Gasteiger partial charge in [0.05, 0.1) is 86.7 Å². The van der Waals surface area contributed by atoms with Crippen molar-refractivity contribution in [2.24, 2.45) is 0 Å². The second-order valence-electron chi connectivity index (χ2n) is 19.6. The second-order valence-corrected chi connectivity index (χ2v) is 19.6. The van der Waals surface area contributed by atoms with Crippen LogP contribution in [0.2, 0.25) is 0 Å². The first-order valence-electron chi connectivity index (χ1n) is 26.4. The third kappa shape index (κ3) is 14.2. The smallest absolute Gasteiger partial charge is 0.383 e. The highest BCUT2D eigenvalue weighted by Crippen LogP contribution is 2.39. The number of nitrogens with two attached hydrogens (primary N) is 1. The lowest BCUT2D eigenvalue weighted by Crippen LogP contribution is -2.65. The van der Waals surface area contributed by atoms with Gasteiger partial charge in [-0.15, -0.1) is 0 Å². The van der Waals surface area contributed by atoms with E-state index < -0.39 is 17.6 Å². The minimum absolute atomic E-state index is 0.00185. The lowest BCUT2D eigenvalue weighted by atomic mass is 9.90. The van der Waals surface area contributed by atoms with E-state index in [9.17, 15) is 41.9 Å². The monoisotopic (exact) mass is 1090 g/mol. The zero-order chi connectivity index (χ0) is 55.5. The van der Waals surface area contributed by atoms with E-state index in [1.165, 1.54) is 6.20 Å². The number of carbonyl (C=O) groups excluding carboxylic acids is 6. The maximum Gasteiger partial charge on any atom is 0.416 e. The van der Waals surface area contributed by atoms with Crippen LogP contribution in [0.1, 0.15) is 89.3 Å². The summed E-state index contributed by atoms with van der Waals surface area (Å²) in [4.78, 5) is 94.4. The number of anilines is 3. The summed E-state index contributed by atoms with van der Waals surface area (Å²) in [6.07, 6.45) is 7.95. The molecular formula is C54H62F3N13O9. The molecule has 4 aliphatic rings. The van der Waals surface area contributed by atoms with Gasteiger partial charge in [-0.3, -0.25) is 34.0 Å². The van der Waals surface area contributed by atoms with Gasteiger partial charge in [0.2, 0.25) is 17.7 Å². The average Bonchev–Trinajstić information content (AvgIpc) is 4.05. The van der Waals surface area contributed by atoms with Gasteiger partial charge in [0.15, 0.2) is 0 Å². The maximum atomic E-state index is 13.6. The van der Waals surface area contributed by atoms with Crippen molar-refractivity contribution in [1.29, 1.82) is 0 Å². The number of pyridine rings is 3. The van der Waals surface area contributed by atoms with E-state index in [4.69, 9.17) is 25.0 Å². The van der Waals surface area contributed by atoms with Gasteiger partial charge in [-0.2, -0.15) is 18.3 Å². The highest BCUT2D eigenvalue weighted by Gasteiger charge is 2.38. The number of hydrogen-bond donors (Lipinski definition) is 5. The first-order chi connectivity index (χ1) is 38.2. The molecule has 2 bridgehead atoms. The Labute approximate surface area is 452 Å². The number of imide groups is 1. The molecule has 5 aromatic rings. The van der Waals surface area contributed by atoms with Crippen molar-refractivity contribution in [1.82, 2.24) is 50.5 Å². The summed E-state index contributed by atoms with van der Waals surface area (Å²) in [5, 5.41) is 16.5. The number of benzene rings is 1. The van der Waals surface area contributed by atoms with Crippen LogP contribution in [0.15, 0.2) is 73.2 Å². The Morgan fingerprint density at radius 1 is 0.810 bits per heavy atom. The molecule has 0 unspecified atom stereocenters. The topological polar surface area (TPSA) is 270 Å². The van der Waals surface area contributed by atoms with Gasteiger partial charge in [-0.1, -0.05) is 24.3 Å². The van der Waals surface area contributed by atoms with Crippen LogP contribution in [-0.2, 0) is 34.8 Å². The van der Waals surface area contributed by atoms with Crippen LogP contribution < -0.4 is 31.9 Å². The molecule has 6 N–H and O–H groups in total. The Hall–Kier alpha value is -8.03. The van der Waals surface area contributed by atoms with Crippen molar-refractivity contribution >= 4 is 70.0 Å². The molecule has 9 rings (SSSR count). The molecule has 2 atom stereocenters. The van der Waals surface area contributed by atoms with Crippen LogP contribution in [0.25, 0.3) is 28.2 Å². The number of urea groups is 1. The van der Waals surface area contributed by atoms with Crippen molar-refractivity contribution < 1.29 is 56.1 Å². The average molecular weight is 1090 g/mol. The third-order valence-corrected chi connectivity index (χ3v) is 14.1. The van der Waals surface area contributed by atoms with E-state index in [1.54, 1.807) is 52.4 Å². The van der Waals surface area contributed by atoms with E-state index in [-0.39, 0.29) is 117 Å². The standard InChI is InChI=1S/C54H62F3N13O9/c55-54(56,57)38-14-17-59-42(27-38)64-52(75)35-10-8-34(9-11-35)48-47-49-36(29-62-50(47)58)5-2-1-3-19-67(33-45(72)63-39-6-4-7-40(28-39)70(49)66-48)46(73)16-21-77-23-25-79-26-24-78-22-18-60-51(74)37-12-13-43(61-30-37)68-31-41(32-68)69-20-15-44(71)65-53(69)76/h2,5,8-14,17,27,29-30,39-41H,1,3-4,6-7,15-16,18-26,28,31-33H2,(H2,58,62)(H,60,74)(H,63,72)(H,59,64,75)(H,65,71,76)/b5-2+/t39-,40-/m1/s1. The fourth-order valence-electron chi connectivity index (χ4n) is 9.99. The largest absolute Gasteiger partial charge is 0.416 e. The Morgan fingerprint density at radius 3 is 2.32 bits per heavy atom. The molecule has 2 saturated heterocycles. The fraction of sp³-hybridized carbons (Fsp3) is 0.444. The van der Waals surface area contributed by atoms with Crippen LogP contribution in [-0.4, -0.2) is 161 Å². The molecule has 3 fully saturated rings. The van der Waals surface area contributed by atoms with Crippen molar-refractivity contribution in [3.63, 3.8) is 0 Å². The number of ether oxygens (including phenoxy) is 3. The highest BCUT2D eigenvalue weighted by atomic mass is 19.4. The molecule has 1 saturated carbocycles. The van der Waals surface area contributed by atoms with Crippen LogP contribution >= 0.6 is 0 Å². The number of amides is 7. The summed E-state index contributed by atoms with van der Waals surface area (Å²) in [6.45, 7) is 3.68. The Kier molecular flexibility index (Phi) is 18.1. The van der Waals surface area contributed by atoms with Gasteiger partial charge >= 0.3 is 12.2 Å². The highest BCUT2D eigenvalue weighted by molar-refractivity contribution is 6.06. The number of rotatable bonds is 18. The first-order valence-corrected chi connectivity index (χ1v) is 26.4. The maximum absolute atomic E-state index is 13.6. The normalized spacial score (nSPS) is 18.7. The summed E-state index contributed by atoms with van der Waals surface area (Å²) in [5.74, 6) is -0.939. The summed E-state index contributed by atoms with van der Waals surface area (Å²) in [6, 6.07) is 10.8. The number of halogens is 3. The van der Waals surface area contributed by atoms with E-state index in [0.29, 0.717) is 86.7 Å². The van der Waals surface area contributed by atoms with Gasteiger partial charge in [-0.25, -0.2) is 19.7 Å². The Balaban J connectivity index is 0.699. The van der Waals surface area contributed by atoms with Gasteiger partial charge in [0.25, 0.3) is 11.8 Å². The van der Waals surface area contributed by atoms with Crippen molar-refractivity contribution in [2.45, 2.75) is 75.7 Å². The zero-order valence-corrected chi connectivity index (χ0v) is 43.3. The SMILES string of the molecule is Nc1ncc2c3c1c(-c1ccc(C(=O)Nc4cc(C(F)(F)F)ccn4)cc1)nn3[C@@H]1CCC[C@H](C1)NC(=O)CN(C(=O)CCOCCOCCOCCNC(=O)c1ccc(N3CC(N4CCC(=O)NC4=O)C3)nc1)CCC/C=C/2. The molecule has 22 nitrogen and oxygen atoms in total. The Morgan fingerprint density at radius 2 is 1.57 bits per heavy atom. The van der Waals surface area contributed by atoms with E-state index in [2.05, 4.69) is 36.2 Å². The molecule has 0 radical (unpaired) electrons. The minimum atomic E-state index is -4.60. The number of nitrogens with one attached hydrogen (secondary N) is 4. The summed E-state index contributed by atoms with van der Waals surface area (Å²) in [7, 11) is 0. The van der Waals surface area contributed by atoms with Crippen LogP contribution in [0, 0.1) is 0 Å². The lowest BCUT2D eigenvalue weighted by Gasteiger charge is -2.46. The minimum Gasteiger partial charge on any atom is -0.383 e. The van der Waals surface area contributed by atoms with Crippen LogP contribution in [0.5, 0.6) is 0 Å². The quantitative estimate of drug-likeness (QED) is 0.0725. The molecule has 25 heteroatoms. The number of alkyl halides is 3. The number of aromatic nitrogens is 5. The summed E-state index contributed by atoms with van der Waals surface area (Å²) >= 11 is 0. The number of hydrogen-bond acceptors (Lipinski definition) is 15. The predicted octanol–water partition coefficient (Wildman–Crippen LogP) is 4.98. The Bertz CT molecular complexity index is 3040. The number of carbonyl (C=O) groups is 6. The van der Waals surface area contributed by atoms with Crippen LogP contribution in [0.4, 0.5) is 35.4 Å². The first kappa shape index (κ1) is 55.7. The predicted molar refractivity (Wildman–Crippen MR) is 283 cm³/mol. The molecule has 3 aliphatic heterocycles. The third-order valence-electron chi connectivity index (χ3n) is 14.1. The van der Waals surface area contributed by atoms with Crippen molar-refractivity contribution in [3.05, 3.63) is 95.5 Å². The summed E-state index contributed by atoms with van der Waals surface area (Å²) < 4.78 is 58.7. The van der Waals surface area contributed by atoms with Gasteiger partial charge in [-0.05, 0) is 74.9 Å². The molecular weight excluding hydrogens is 1030 g/mol. The lowest BCUT2D eigenvalue weighted by molar-refractivity contribution is -0.137. The van der Waals surface area contributed by atoms with E-state index >= 15 is 0 Å². The molecule has 7 heterocycles. The van der Waals surface area contributed by atoms with Crippen molar-refractivity contribution in [3.8, 4) is 11.3 Å². The fourth-order valence-corrected chi connectivity index (χ4v) is 9.99. The second kappa shape index (κ2) is 25.6. The van der Waals surface area contributed by atoms with Crippen LogP contribution in [0.3, 0.4) is 0 Å². The number of fused-ring (bicyclic) bond motifs is 3. The summed E-state index contributed by atoms with van der Waals surface area (Å²) in [5.41, 5.74) is 8.97. The molecule has 7 amide bonds. The van der Waals surface area contributed by atoms with Gasteiger partial charge < -0.3 is 50.6 Å². The number of nitrogens with zero attached hydrogens (tertiary/aromatic N) is 8. The molecule has 418 valence electrons. The molecule has 1 aliphatic carbocycles. The number of nitrogen functional groups attached to an aromatic ring is 1. The van der Waals surface area contributed by atoms with Crippen molar-refractivity contribution in [2.75, 3.05) is 94.9 Å². The van der Waals surface area contributed by atoms with E-state index in [0.717, 1.165) is 48.7 Å². The zero-order valence-electron chi connectivity index (χ0n) is 43.3. The van der Waals surface area contributed by atoms with E-state index in [1.807, 2.05) is 21.7 Å². The van der Waals surface area contributed by atoms with Gasteiger partial charge in [0, 0.05) is 80.5 Å². The molecule has 0 spiro atoms. The number of allylic oxidation sites excluding steroid dienone is 1.